The first-order valence-electron chi connectivity index (χ1n) is 13.3. The molecule has 11 heteroatoms. The number of hydrogen-bond acceptors (Lipinski definition) is 8. The van der Waals surface area contributed by atoms with Crippen LogP contribution in [0, 0.1) is 0 Å². The number of fused-ring (bicyclic) bond motifs is 1. The summed E-state index contributed by atoms with van der Waals surface area (Å²) < 4.78 is 24.7. The summed E-state index contributed by atoms with van der Waals surface area (Å²) in [5.74, 6) is -0.241. The highest BCUT2D eigenvalue weighted by molar-refractivity contribution is 6.74. The van der Waals surface area contributed by atoms with Crippen molar-refractivity contribution in [3.63, 3.8) is 0 Å². The van der Waals surface area contributed by atoms with E-state index < -0.39 is 37.7 Å². The first-order valence-corrected chi connectivity index (χ1v) is 16.2. The zero-order chi connectivity index (χ0) is 29.8. The Balaban J connectivity index is 2.14. The fraction of sp³-hybridized carbons (Fsp3) is 0.679. The van der Waals surface area contributed by atoms with E-state index in [1.807, 2.05) is 33.0 Å². The van der Waals surface area contributed by atoms with Crippen LogP contribution >= 0.6 is 0 Å². The molecule has 0 aliphatic heterocycles. The van der Waals surface area contributed by atoms with Crippen LogP contribution in [0.15, 0.2) is 24.4 Å². The lowest BCUT2D eigenvalue weighted by Crippen LogP contribution is -2.48. The van der Waals surface area contributed by atoms with Gasteiger partial charge in [0.1, 0.15) is 23.6 Å². The minimum Gasteiger partial charge on any atom is -0.490 e. The largest absolute Gasteiger partial charge is 0.490 e. The summed E-state index contributed by atoms with van der Waals surface area (Å²) in [6.07, 6.45) is -0.338. The van der Waals surface area contributed by atoms with Gasteiger partial charge in [-0.25, -0.2) is 9.59 Å². The van der Waals surface area contributed by atoms with Crippen LogP contribution in [0.1, 0.15) is 62.3 Å². The first-order chi connectivity index (χ1) is 17.6. The van der Waals surface area contributed by atoms with Gasteiger partial charge in [-0.15, -0.1) is 0 Å². The Morgan fingerprint density at radius 1 is 1.03 bits per heavy atom. The molecule has 0 saturated carbocycles. The Morgan fingerprint density at radius 2 is 1.64 bits per heavy atom. The van der Waals surface area contributed by atoms with Crippen LogP contribution in [0.5, 0.6) is 5.75 Å². The van der Waals surface area contributed by atoms with Crippen molar-refractivity contribution in [3.8, 4) is 5.75 Å². The van der Waals surface area contributed by atoms with Crippen molar-refractivity contribution in [3.05, 3.63) is 24.4 Å². The Morgan fingerprint density at radius 3 is 2.21 bits per heavy atom. The molecule has 0 fully saturated rings. The molecular formula is C28H47N3O7Si. The number of carbonyl (C=O) groups excluding carboxylic acids is 2. The van der Waals surface area contributed by atoms with Gasteiger partial charge in [0.05, 0.1) is 18.2 Å². The van der Waals surface area contributed by atoms with E-state index in [0.29, 0.717) is 12.3 Å². The maximum absolute atomic E-state index is 12.3. The van der Waals surface area contributed by atoms with Crippen LogP contribution in [0.2, 0.25) is 18.1 Å². The third-order valence-corrected chi connectivity index (χ3v) is 10.7. The van der Waals surface area contributed by atoms with Crippen molar-refractivity contribution < 1.29 is 33.3 Å². The van der Waals surface area contributed by atoms with Gasteiger partial charge in [-0.05, 0) is 77.9 Å². The van der Waals surface area contributed by atoms with Gasteiger partial charge in [-0.2, -0.15) is 5.10 Å². The van der Waals surface area contributed by atoms with Crippen molar-refractivity contribution in [1.82, 2.24) is 15.1 Å². The average Bonchev–Trinajstić information content (AvgIpc) is 3.13. The van der Waals surface area contributed by atoms with E-state index in [-0.39, 0.29) is 24.3 Å². The fourth-order valence-corrected chi connectivity index (χ4v) is 4.65. The van der Waals surface area contributed by atoms with Crippen LogP contribution in [0.4, 0.5) is 4.79 Å². The lowest BCUT2D eigenvalue weighted by Gasteiger charge is -2.39. The monoisotopic (exact) mass is 565 g/mol. The third kappa shape index (κ3) is 10.8. The van der Waals surface area contributed by atoms with Gasteiger partial charge in [0.2, 0.25) is 0 Å². The third-order valence-electron chi connectivity index (χ3n) is 6.14. The number of aromatic nitrogens is 2. The Kier molecular flexibility index (Phi) is 10.2. The molecule has 2 N–H and O–H groups in total. The van der Waals surface area contributed by atoms with E-state index in [9.17, 15) is 14.7 Å². The van der Waals surface area contributed by atoms with Crippen LogP contribution in [0.25, 0.3) is 10.9 Å². The second-order valence-corrected chi connectivity index (χ2v) is 18.1. The Hall–Kier alpha value is -2.63. The number of alkyl carbamates (subject to hydrolysis) is 1. The molecular weight excluding hydrogens is 518 g/mol. The number of esters is 1. The molecule has 2 aromatic rings. The van der Waals surface area contributed by atoms with Gasteiger partial charge in [-0.1, -0.05) is 20.8 Å². The number of ether oxygens (including phenoxy) is 3. The Labute approximate surface area is 233 Å². The van der Waals surface area contributed by atoms with Crippen LogP contribution in [0.3, 0.4) is 0 Å². The quantitative estimate of drug-likeness (QED) is 0.304. The average molecular weight is 566 g/mol. The van der Waals surface area contributed by atoms with E-state index in [4.69, 9.17) is 18.6 Å². The first kappa shape index (κ1) is 32.6. The second-order valence-electron chi connectivity index (χ2n) is 13.3. The summed E-state index contributed by atoms with van der Waals surface area (Å²) in [7, 11) is -2.15. The maximum atomic E-state index is 12.3. The molecule has 2 atom stereocenters. The summed E-state index contributed by atoms with van der Waals surface area (Å²) in [6.45, 7) is 22.0. The van der Waals surface area contributed by atoms with Crippen LogP contribution in [-0.4, -0.2) is 71.8 Å². The minimum absolute atomic E-state index is 0.0118. The molecule has 1 aromatic heterocycles. The molecule has 1 amide bonds. The molecule has 0 radical (unpaired) electrons. The number of hydrogen-bond donors (Lipinski definition) is 2. The van der Waals surface area contributed by atoms with Crippen molar-refractivity contribution in [2.75, 3.05) is 13.2 Å². The van der Waals surface area contributed by atoms with Gasteiger partial charge < -0.3 is 29.1 Å². The number of nitrogens with one attached hydrogen (secondary N) is 1. The minimum atomic E-state index is -2.15. The molecule has 1 aromatic carbocycles. The molecule has 10 nitrogen and oxygen atoms in total. The predicted octanol–water partition coefficient (Wildman–Crippen LogP) is 5.03. The van der Waals surface area contributed by atoms with Crippen molar-refractivity contribution in [2.24, 2.45) is 0 Å². The van der Waals surface area contributed by atoms with E-state index in [0.717, 1.165) is 10.9 Å². The fourth-order valence-electron chi connectivity index (χ4n) is 3.31. The van der Waals surface area contributed by atoms with Crippen LogP contribution < -0.4 is 10.1 Å². The van der Waals surface area contributed by atoms with Gasteiger partial charge in [0, 0.05) is 18.1 Å². The van der Waals surface area contributed by atoms with Crippen molar-refractivity contribution in [2.45, 2.75) is 110 Å². The SMILES string of the molecule is CC(C)(C)OC(=O)NCC(Cn1cc2cc(OCC(O)C(=O)OC(C)(C)C)ccc2n1)O[Si](C)(C)C(C)(C)C. The van der Waals surface area contributed by atoms with Gasteiger partial charge in [0.25, 0.3) is 0 Å². The van der Waals surface area contributed by atoms with Gasteiger partial charge in [-0.3, -0.25) is 4.68 Å². The number of nitrogens with zero attached hydrogens (tertiary/aromatic N) is 2. The molecule has 2 rings (SSSR count). The van der Waals surface area contributed by atoms with Crippen LogP contribution in [-0.2, 0) is 25.2 Å². The summed E-state index contributed by atoms with van der Waals surface area (Å²) >= 11 is 0. The molecule has 39 heavy (non-hydrogen) atoms. The smallest absolute Gasteiger partial charge is 0.407 e. The zero-order valence-corrected chi connectivity index (χ0v) is 26.4. The van der Waals surface area contributed by atoms with Gasteiger partial charge >= 0.3 is 12.1 Å². The molecule has 2 unspecified atom stereocenters. The standard InChI is InChI=1S/C28H47N3O7Si/c1-26(2,3)36-24(33)23(32)18-35-20-12-13-22-19(14-20)16-31(30-22)17-21(38-39(10,11)28(7,8)9)15-29-25(34)37-27(4,5)6/h12-14,16,21,23,32H,15,17-18H2,1-11H3,(H,29,34). The van der Waals surface area contributed by atoms with Gasteiger partial charge in [0.15, 0.2) is 14.4 Å². The highest BCUT2D eigenvalue weighted by Gasteiger charge is 2.39. The van der Waals surface area contributed by atoms with Crippen molar-refractivity contribution >= 4 is 31.3 Å². The second kappa shape index (κ2) is 12.3. The topological polar surface area (TPSA) is 121 Å². The summed E-state index contributed by atoms with van der Waals surface area (Å²) in [4.78, 5) is 24.3. The molecule has 220 valence electrons. The van der Waals surface area contributed by atoms with E-state index in [1.54, 1.807) is 37.6 Å². The highest BCUT2D eigenvalue weighted by Crippen LogP contribution is 2.37. The highest BCUT2D eigenvalue weighted by atomic mass is 28.4. The number of rotatable bonds is 10. The predicted molar refractivity (Wildman–Crippen MR) is 153 cm³/mol. The number of carbonyl (C=O) groups is 2. The molecule has 1 heterocycles. The van der Waals surface area contributed by atoms with Crippen molar-refractivity contribution in [1.29, 1.82) is 0 Å². The number of amides is 1. The molecule has 0 spiro atoms. The number of aliphatic hydroxyl groups is 1. The zero-order valence-electron chi connectivity index (χ0n) is 25.4. The Bertz CT molecular complexity index is 1130. The van der Waals surface area contributed by atoms with E-state index >= 15 is 0 Å². The normalized spacial score (nSPS) is 14.6. The summed E-state index contributed by atoms with van der Waals surface area (Å²) in [5.41, 5.74) is -0.538. The number of aliphatic hydroxyl groups excluding tert-OH is 1. The molecule has 0 saturated heterocycles. The summed E-state index contributed by atoms with van der Waals surface area (Å²) in [6, 6.07) is 5.34. The maximum Gasteiger partial charge on any atom is 0.407 e. The molecule has 0 aliphatic rings. The lowest BCUT2D eigenvalue weighted by atomic mass is 10.2. The summed E-state index contributed by atoms with van der Waals surface area (Å²) in [5, 5.41) is 18.4. The van der Waals surface area contributed by atoms with E-state index in [2.05, 4.69) is 44.3 Å². The number of benzene rings is 1. The molecule has 0 aliphatic carbocycles. The lowest BCUT2D eigenvalue weighted by molar-refractivity contribution is -0.166. The molecule has 0 bridgehead atoms. The van der Waals surface area contributed by atoms with E-state index in [1.165, 1.54) is 0 Å².